The topological polar surface area (TPSA) is 110 Å². The Morgan fingerprint density at radius 2 is 0.667 bits per heavy atom. The summed E-state index contributed by atoms with van der Waals surface area (Å²) in [7, 11) is 0. The molecule has 0 atom stereocenters. The highest BCUT2D eigenvalue weighted by molar-refractivity contribution is 6.12. The number of aromatic nitrogens is 3. The third-order valence-corrected chi connectivity index (χ3v) is 5.72. The summed E-state index contributed by atoms with van der Waals surface area (Å²) in [6.45, 7) is 0.795. The van der Waals surface area contributed by atoms with Gasteiger partial charge in [-0.15, -0.1) is 0 Å². The summed E-state index contributed by atoms with van der Waals surface area (Å²) in [5, 5.41) is 29.1. The SMILES string of the molecule is Cc1nc(F)c(F)c(C(C#N)=C2C(=C(C#N)c3c(F)c(F)nc(F)c3F)C2=C(C#N)c2c(F)c(F)nc(F)c2F)c1F. The van der Waals surface area contributed by atoms with Gasteiger partial charge in [-0.1, -0.05) is 0 Å². The molecule has 6 nitrogen and oxygen atoms in total. The lowest BCUT2D eigenvalue weighted by molar-refractivity contribution is 0.404. The second-order valence-corrected chi connectivity index (χ2v) is 7.97. The van der Waals surface area contributed by atoms with Crippen molar-refractivity contribution in [2.75, 3.05) is 0 Å². The van der Waals surface area contributed by atoms with E-state index in [1.165, 1.54) is 0 Å². The highest BCUT2D eigenvalue weighted by Crippen LogP contribution is 2.57. The fraction of sp³-hybridized carbons (Fsp3) is 0.0400. The van der Waals surface area contributed by atoms with E-state index in [0.717, 1.165) is 25.1 Å². The molecule has 42 heavy (non-hydrogen) atoms. The predicted molar refractivity (Wildman–Crippen MR) is 115 cm³/mol. The Bertz CT molecular complexity index is 1670. The van der Waals surface area contributed by atoms with Crippen molar-refractivity contribution in [3.63, 3.8) is 0 Å². The van der Waals surface area contributed by atoms with Crippen LogP contribution in [-0.2, 0) is 0 Å². The Balaban J connectivity index is 2.32. The van der Waals surface area contributed by atoms with Crippen molar-refractivity contribution in [1.29, 1.82) is 15.8 Å². The van der Waals surface area contributed by atoms with Gasteiger partial charge in [-0.05, 0) is 6.92 Å². The Morgan fingerprint density at radius 3 is 0.929 bits per heavy atom. The fourth-order valence-electron chi connectivity index (χ4n) is 3.91. The van der Waals surface area contributed by atoms with Crippen LogP contribution in [0.5, 0.6) is 0 Å². The Morgan fingerprint density at radius 1 is 0.429 bits per heavy atom. The van der Waals surface area contributed by atoms with Crippen LogP contribution in [0.25, 0.3) is 16.7 Å². The Labute approximate surface area is 225 Å². The van der Waals surface area contributed by atoms with Crippen molar-refractivity contribution in [2.45, 2.75) is 6.92 Å². The van der Waals surface area contributed by atoms with E-state index in [4.69, 9.17) is 0 Å². The van der Waals surface area contributed by atoms with Crippen molar-refractivity contribution < 1.29 is 48.3 Å². The molecule has 1 saturated carbocycles. The zero-order valence-electron chi connectivity index (χ0n) is 19.8. The maximum atomic E-state index is 14.9. The molecule has 0 unspecified atom stereocenters. The monoisotopic (exact) mass is 596 g/mol. The highest BCUT2D eigenvalue weighted by atomic mass is 19.2. The fourth-order valence-corrected chi connectivity index (χ4v) is 3.91. The van der Waals surface area contributed by atoms with Crippen molar-refractivity contribution >= 4 is 16.7 Å². The van der Waals surface area contributed by atoms with Crippen LogP contribution in [0.2, 0.25) is 0 Å². The van der Waals surface area contributed by atoms with E-state index in [1.54, 1.807) is 0 Å². The van der Waals surface area contributed by atoms with Gasteiger partial charge in [0, 0.05) is 16.7 Å². The minimum absolute atomic E-state index is 0.795. The molecule has 17 heteroatoms. The maximum absolute atomic E-state index is 14.9. The molecule has 0 radical (unpaired) electrons. The average Bonchev–Trinajstić information content (AvgIpc) is 3.66. The lowest BCUT2D eigenvalue weighted by Crippen LogP contribution is -2.06. The van der Waals surface area contributed by atoms with Gasteiger partial charge in [-0.3, -0.25) is 0 Å². The summed E-state index contributed by atoms with van der Waals surface area (Å²) >= 11 is 0. The predicted octanol–water partition coefficient (Wildman–Crippen LogP) is 5.96. The molecule has 3 aromatic rings. The number of aryl methyl sites for hydroxylation is 1. The van der Waals surface area contributed by atoms with Crippen LogP contribution < -0.4 is 0 Å². The van der Waals surface area contributed by atoms with Crippen molar-refractivity contribution in [3.05, 3.63) is 104 Å². The molecule has 1 aliphatic rings. The largest absolute Gasteiger partial charge is 0.252 e. The van der Waals surface area contributed by atoms with E-state index in [0.29, 0.717) is 0 Å². The van der Waals surface area contributed by atoms with Crippen LogP contribution >= 0.6 is 0 Å². The van der Waals surface area contributed by atoms with Gasteiger partial charge in [0.15, 0.2) is 34.9 Å². The molecule has 1 aliphatic carbocycles. The Hall–Kier alpha value is -5.63. The highest BCUT2D eigenvalue weighted by Gasteiger charge is 2.45. The van der Waals surface area contributed by atoms with E-state index < -0.39 is 120 Å². The number of nitriles is 3. The first kappa shape index (κ1) is 29.4. The molecule has 0 aliphatic heterocycles. The summed E-state index contributed by atoms with van der Waals surface area (Å²) in [6.07, 6.45) is 0. The molecule has 210 valence electrons. The van der Waals surface area contributed by atoms with Crippen molar-refractivity contribution in [1.82, 2.24) is 15.0 Å². The molecule has 0 amide bonds. The van der Waals surface area contributed by atoms with Crippen LogP contribution in [0.15, 0.2) is 16.7 Å². The van der Waals surface area contributed by atoms with Crippen molar-refractivity contribution in [3.8, 4) is 18.2 Å². The molecule has 1 fully saturated rings. The lowest BCUT2D eigenvalue weighted by Gasteiger charge is -2.06. The van der Waals surface area contributed by atoms with Gasteiger partial charge >= 0.3 is 0 Å². The first-order valence-corrected chi connectivity index (χ1v) is 10.6. The van der Waals surface area contributed by atoms with E-state index in [-0.39, 0.29) is 0 Å². The number of rotatable bonds is 3. The van der Waals surface area contributed by atoms with Crippen molar-refractivity contribution in [2.24, 2.45) is 0 Å². The van der Waals surface area contributed by atoms with Crippen LogP contribution in [0.3, 0.4) is 0 Å². The maximum Gasteiger partial charge on any atom is 0.252 e. The Kier molecular flexibility index (Phi) is 7.27. The molecule has 0 bridgehead atoms. The van der Waals surface area contributed by atoms with E-state index in [2.05, 4.69) is 15.0 Å². The van der Waals surface area contributed by atoms with Crippen LogP contribution in [0.1, 0.15) is 22.4 Å². The molecule has 0 N–H and O–H groups in total. The summed E-state index contributed by atoms with van der Waals surface area (Å²) in [4.78, 5) is 7.43. The smallest absolute Gasteiger partial charge is 0.219 e. The summed E-state index contributed by atoms with van der Waals surface area (Å²) in [6, 6.07) is 3.30. The number of pyridine rings is 3. The first-order chi connectivity index (χ1) is 19.7. The molecule has 0 aromatic carbocycles. The zero-order valence-corrected chi connectivity index (χ0v) is 19.8. The third kappa shape index (κ3) is 4.30. The molecule has 0 spiro atoms. The van der Waals surface area contributed by atoms with E-state index >= 15 is 0 Å². The minimum Gasteiger partial charge on any atom is -0.219 e. The number of allylic oxidation sites excluding steroid dienone is 6. The zero-order chi connectivity index (χ0) is 31.4. The average molecular weight is 596 g/mol. The van der Waals surface area contributed by atoms with Gasteiger partial charge in [0.1, 0.15) is 18.2 Å². The third-order valence-electron chi connectivity index (χ3n) is 5.72. The van der Waals surface area contributed by atoms with Gasteiger partial charge in [-0.25, -0.2) is 31.3 Å². The summed E-state index contributed by atoms with van der Waals surface area (Å²) in [5.74, 6) is -24.6. The van der Waals surface area contributed by atoms with Crippen LogP contribution in [-0.4, -0.2) is 15.0 Å². The molecular formula is C25H3F11N6. The standard InChI is InChI=1S/C25H3F11N6/c1-5-15(26)12(16(27)21(32)40-5)6(2-37)9-10(7(3-38)13-17(28)22(33)41-23(34)18(13)29)11(9)8(4-39)14-19(30)24(35)42-25(36)20(14)31/h1H3. The molecule has 4 rings (SSSR count). The second kappa shape index (κ2) is 10.4. The number of hydrogen-bond donors (Lipinski definition) is 0. The summed E-state index contributed by atoms with van der Waals surface area (Å²) < 4.78 is 158. The van der Waals surface area contributed by atoms with Crippen LogP contribution in [0, 0.1) is 106 Å². The quantitative estimate of drug-likeness (QED) is 0.210. The van der Waals surface area contributed by atoms with Gasteiger partial charge in [-0.2, -0.15) is 47.7 Å². The number of halogens is 11. The normalized spacial score (nSPS) is 14.6. The minimum atomic E-state index is -2.35. The molecule has 0 saturated heterocycles. The van der Waals surface area contributed by atoms with Gasteiger partial charge in [0.2, 0.25) is 5.95 Å². The van der Waals surface area contributed by atoms with Gasteiger partial charge in [0.05, 0.1) is 39.1 Å². The van der Waals surface area contributed by atoms with Gasteiger partial charge < -0.3 is 0 Å². The molecule has 3 heterocycles. The number of hydrogen-bond acceptors (Lipinski definition) is 6. The lowest BCUT2D eigenvalue weighted by atomic mass is 10.0. The first-order valence-electron chi connectivity index (χ1n) is 10.6. The molecule has 3 aromatic heterocycles. The molecular weight excluding hydrogens is 593 g/mol. The second-order valence-electron chi connectivity index (χ2n) is 7.97. The van der Waals surface area contributed by atoms with Gasteiger partial charge in [0.25, 0.3) is 23.8 Å². The van der Waals surface area contributed by atoms with E-state index in [9.17, 15) is 64.1 Å². The van der Waals surface area contributed by atoms with Crippen LogP contribution in [0.4, 0.5) is 48.3 Å². The summed E-state index contributed by atoms with van der Waals surface area (Å²) in [5.41, 5.74) is -14.2. The number of nitrogens with zero attached hydrogens (tertiary/aromatic N) is 6. The van der Waals surface area contributed by atoms with E-state index in [1.807, 2.05) is 0 Å².